The highest BCUT2D eigenvalue weighted by molar-refractivity contribution is 7.89. The standard InChI is InChI=1S/C14H21NO4S/c1-19-13-3-2-4-14(9-13)20(17,18)15-10-11-5-7-12(16)8-6-11/h2-4,9,11-12,15-16H,5-8,10H2,1H3. The van der Waals surface area contributed by atoms with Crippen LogP contribution in [0.25, 0.3) is 0 Å². The predicted molar refractivity (Wildman–Crippen MR) is 76.1 cm³/mol. The SMILES string of the molecule is COc1cccc(S(=O)(=O)NCC2CCC(O)CC2)c1. The van der Waals surface area contributed by atoms with Crippen LogP contribution < -0.4 is 9.46 Å². The maximum atomic E-state index is 12.2. The molecule has 0 saturated heterocycles. The van der Waals surface area contributed by atoms with Crippen LogP contribution in [0.5, 0.6) is 5.75 Å². The van der Waals surface area contributed by atoms with E-state index >= 15 is 0 Å². The summed E-state index contributed by atoms with van der Waals surface area (Å²) in [7, 11) is -1.99. The number of benzene rings is 1. The first-order valence-corrected chi connectivity index (χ1v) is 8.31. The fraction of sp³-hybridized carbons (Fsp3) is 0.571. The van der Waals surface area contributed by atoms with Gasteiger partial charge in [-0.05, 0) is 43.7 Å². The van der Waals surface area contributed by atoms with Crippen LogP contribution in [0.1, 0.15) is 25.7 Å². The fourth-order valence-corrected chi connectivity index (χ4v) is 3.58. The maximum absolute atomic E-state index is 12.2. The monoisotopic (exact) mass is 299 g/mol. The van der Waals surface area contributed by atoms with Crippen LogP contribution >= 0.6 is 0 Å². The lowest BCUT2D eigenvalue weighted by Gasteiger charge is -2.25. The molecular weight excluding hydrogens is 278 g/mol. The van der Waals surface area contributed by atoms with Crippen molar-refractivity contribution < 1.29 is 18.3 Å². The van der Waals surface area contributed by atoms with E-state index in [0.717, 1.165) is 25.7 Å². The minimum atomic E-state index is -3.50. The summed E-state index contributed by atoms with van der Waals surface area (Å²) in [5.41, 5.74) is 0. The Bertz CT molecular complexity index is 536. The van der Waals surface area contributed by atoms with Gasteiger partial charge in [0.05, 0.1) is 18.1 Å². The average molecular weight is 299 g/mol. The fourth-order valence-electron chi connectivity index (χ4n) is 2.43. The summed E-state index contributed by atoms with van der Waals surface area (Å²) in [6.45, 7) is 0.423. The van der Waals surface area contributed by atoms with Gasteiger partial charge in [0.15, 0.2) is 0 Å². The van der Waals surface area contributed by atoms with E-state index < -0.39 is 10.0 Å². The summed E-state index contributed by atoms with van der Waals surface area (Å²) in [4.78, 5) is 0.215. The average Bonchev–Trinajstić information content (AvgIpc) is 2.47. The van der Waals surface area contributed by atoms with Gasteiger partial charge in [0.25, 0.3) is 0 Å². The molecule has 6 heteroatoms. The summed E-state index contributed by atoms with van der Waals surface area (Å²) in [6.07, 6.45) is 3.02. The van der Waals surface area contributed by atoms with Crippen molar-refractivity contribution in [1.82, 2.24) is 4.72 Å². The third-order valence-corrected chi connectivity index (χ3v) is 5.15. The largest absolute Gasteiger partial charge is 0.497 e. The normalized spacial score (nSPS) is 23.5. The Morgan fingerprint density at radius 2 is 2.00 bits per heavy atom. The van der Waals surface area contributed by atoms with Crippen LogP contribution in [0.15, 0.2) is 29.2 Å². The number of hydrogen-bond acceptors (Lipinski definition) is 4. The first-order valence-electron chi connectivity index (χ1n) is 6.83. The van der Waals surface area contributed by atoms with Crippen molar-refractivity contribution in [3.05, 3.63) is 24.3 Å². The number of sulfonamides is 1. The van der Waals surface area contributed by atoms with Gasteiger partial charge in [0.1, 0.15) is 5.75 Å². The molecule has 0 spiro atoms. The molecule has 2 rings (SSSR count). The first-order chi connectivity index (χ1) is 9.51. The Labute approximate surface area is 120 Å². The molecule has 1 saturated carbocycles. The molecule has 1 aromatic rings. The van der Waals surface area contributed by atoms with Gasteiger partial charge in [-0.2, -0.15) is 0 Å². The van der Waals surface area contributed by atoms with Crippen molar-refractivity contribution >= 4 is 10.0 Å². The van der Waals surface area contributed by atoms with Gasteiger partial charge in [0.2, 0.25) is 10.0 Å². The second-order valence-electron chi connectivity index (χ2n) is 5.21. The van der Waals surface area contributed by atoms with E-state index in [-0.39, 0.29) is 11.0 Å². The van der Waals surface area contributed by atoms with Crippen molar-refractivity contribution in [1.29, 1.82) is 0 Å². The molecular formula is C14H21NO4S. The molecule has 2 N–H and O–H groups in total. The second kappa shape index (κ2) is 6.56. The van der Waals surface area contributed by atoms with E-state index in [2.05, 4.69) is 4.72 Å². The number of aliphatic hydroxyl groups excluding tert-OH is 1. The van der Waals surface area contributed by atoms with E-state index in [4.69, 9.17) is 4.74 Å². The predicted octanol–water partition coefficient (Wildman–Crippen LogP) is 1.52. The van der Waals surface area contributed by atoms with E-state index in [1.165, 1.54) is 13.2 Å². The highest BCUT2D eigenvalue weighted by atomic mass is 32.2. The van der Waals surface area contributed by atoms with Crippen LogP contribution in [0, 0.1) is 5.92 Å². The van der Waals surface area contributed by atoms with Gasteiger partial charge < -0.3 is 9.84 Å². The highest BCUT2D eigenvalue weighted by Crippen LogP contribution is 2.24. The van der Waals surface area contributed by atoms with E-state index in [9.17, 15) is 13.5 Å². The van der Waals surface area contributed by atoms with Crippen molar-refractivity contribution in [3.8, 4) is 5.75 Å². The lowest BCUT2D eigenvalue weighted by Crippen LogP contribution is -2.32. The van der Waals surface area contributed by atoms with Crippen molar-refractivity contribution in [2.75, 3.05) is 13.7 Å². The Morgan fingerprint density at radius 1 is 1.30 bits per heavy atom. The summed E-state index contributed by atoms with van der Waals surface area (Å²) in [6, 6.07) is 6.42. The number of nitrogens with one attached hydrogen (secondary N) is 1. The summed E-state index contributed by atoms with van der Waals surface area (Å²) >= 11 is 0. The maximum Gasteiger partial charge on any atom is 0.240 e. The van der Waals surface area contributed by atoms with Crippen LogP contribution in [0.2, 0.25) is 0 Å². The molecule has 0 unspecified atom stereocenters. The molecule has 0 radical (unpaired) electrons. The molecule has 0 bridgehead atoms. The Balaban J connectivity index is 1.96. The Kier molecular flexibility index (Phi) is 5.01. The van der Waals surface area contributed by atoms with Gasteiger partial charge in [-0.3, -0.25) is 0 Å². The Morgan fingerprint density at radius 3 is 2.65 bits per heavy atom. The molecule has 0 amide bonds. The van der Waals surface area contributed by atoms with Gasteiger partial charge in [0, 0.05) is 12.6 Å². The summed E-state index contributed by atoms with van der Waals surface area (Å²) in [5, 5.41) is 9.44. The molecule has 1 aliphatic rings. The van der Waals surface area contributed by atoms with Crippen molar-refractivity contribution in [2.24, 2.45) is 5.92 Å². The first kappa shape index (κ1) is 15.3. The Hall–Kier alpha value is -1.11. The van der Waals surface area contributed by atoms with E-state index in [0.29, 0.717) is 18.2 Å². The molecule has 1 aromatic carbocycles. The lowest BCUT2D eigenvalue weighted by molar-refractivity contribution is 0.109. The van der Waals surface area contributed by atoms with E-state index in [1.807, 2.05) is 0 Å². The number of ether oxygens (including phenoxy) is 1. The zero-order valence-corrected chi connectivity index (χ0v) is 12.4. The molecule has 5 nitrogen and oxygen atoms in total. The van der Waals surface area contributed by atoms with Gasteiger partial charge >= 0.3 is 0 Å². The van der Waals surface area contributed by atoms with Gasteiger partial charge in [-0.25, -0.2) is 13.1 Å². The van der Waals surface area contributed by atoms with Gasteiger partial charge in [-0.15, -0.1) is 0 Å². The highest BCUT2D eigenvalue weighted by Gasteiger charge is 2.22. The molecule has 0 atom stereocenters. The smallest absolute Gasteiger partial charge is 0.240 e. The number of rotatable bonds is 5. The quantitative estimate of drug-likeness (QED) is 0.864. The molecule has 0 aromatic heterocycles. The molecule has 1 aliphatic carbocycles. The zero-order chi connectivity index (χ0) is 14.6. The molecule has 0 heterocycles. The third kappa shape index (κ3) is 3.94. The summed E-state index contributed by atoms with van der Waals surface area (Å²) in [5.74, 6) is 0.826. The second-order valence-corrected chi connectivity index (χ2v) is 6.97. The molecule has 20 heavy (non-hydrogen) atoms. The molecule has 1 fully saturated rings. The molecule has 112 valence electrons. The van der Waals surface area contributed by atoms with Crippen molar-refractivity contribution in [2.45, 2.75) is 36.7 Å². The van der Waals surface area contributed by atoms with E-state index in [1.54, 1.807) is 18.2 Å². The number of aliphatic hydroxyl groups is 1. The summed E-state index contributed by atoms with van der Waals surface area (Å²) < 4.78 is 32.1. The molecule has 0 aliphatic heterocycles. The number of methoxy groups -OCH3 is 1. The topological polar surface area (TPSA) is 75.6 Å². The third-order valence-electron chi connectivity index (χ3n) is 3.73. The van der Waals surface area contributed by atoms with Crippen molar-refractivity contribution in [3.63, 3.8) is 0 Å². The zero-order valence-electron chi connectivity index (χ0n) is 11.6. The van der Waals surface area contributed by atoms with Crippen LogP contribution in [-0.2, 0) is 10.0 Å². The van der Waals surface area contributed by atoms with Crippen LogP contribution in [0.3, 0.4) is 0 Å². The minimum absolute atomic E-state index is 0.215. The van der Waals surface area contributed by atoms with Crippen LogP contribution in [0.4, 0.5) is 0 Å². The minimum Gasteiger partial charge on any atom is -0.497 e. The lowest BCUT2D eigenvalue weighted by atomic mass is 9.88. The van der Waals surface area contributed by atoms with Gasteiger partial charge in [-0.1, -0.05) is 6.07 Å². The number of hydrogen-bond donors (Lipinski definition) is 2. The van der Waals surface area contributed by atoms with Crippen LogP contribution in [-0.4, -0.2) is 33.3 Å².